The van der Waals surface area contributed by atoms with Gasteiger partial charge in [-0.05, 0) is 44.6 Å². The van der Waals surface area contributed by atoms with Crippen LogP contribution in [0.25, 0.3) is 0 Å². The number of rotatable bonds is 6. The predicted molar refractivity (Wildman–Crippen MR) is 99.8 cm³/mol. The Morgan fingerprint density at radius 2 is 2.00 bits per heavy atom. The van der Waals surface area contributed by atoms with Gasteiger partial charge in [-0.1, -0.05) is 19.8 Å². The SMILES string of the molecule is CC1CCCCC12NC(=O)N(CC(=O)N1CCC(OCCCN)CC1)C2=O. The van der Waals surface area contributed by atoms with Crippen LogP contribution >= 0.6 is 0 Å². The van der Waals surface area contributed by atoms with Crippen LogP contribution in [0.15, 0.2) is 0 Å². The lowest BCUT2D eigenvalue weighted by Crippen LogP contribution is -2.54. The fourth-order valence-electron chi connectivity index (χ4n) is 4.48. The van der Waals surface area contributed by atoms with E-state index >= 15 is 0 Å². The van der Waals surface area contributed by atoms with E-state index in [4.69, 9.17) is 10.5 Å². The average Bonchev–Trinajstić information content (AvgIpc) is 2.90. The van der Waals surface area contributed by atoms with E-state index in [1.54, 1.807) is 4.90 Å². The van der Waals surface area contributed by atoms with E-state index in [-0.39, 0.29) is 30.4 Å². The number of hydrogen-bond acceptors (Lipinski definition) is 5. The first-order chi connectivity index (χ1) is 13.0. The zero-order chi connectivity index (χ0) is 19.4. The number of hydrogen-bond donors (Lipinski definition) is 2. The van der Waals surface area contributed by atoms with Crippen LogP contribution in [0.2, 0.25) is 0 Å². The monoisotopic (exact) mass is 380 g/mol. The number of imide groups is 1. The Labute approximate surface area is 160 Å². The van der Waals surface area contributed by atoms with Gasteiger partial charge in [-0.15, -0.1) is 0 Å². The standard InChI is InChI=1S/C19H32N4O4/c1-14-5-2-3-8-19(14)17(25)23(18(26)21-19)13-16(24)22-10-6-15(7-11-22)27-12-4-9-20/h14-15H,2-13,20H2,1H3,(H,21,26). The molecular weight excluding hydrogens is 348 g/mol. The highest BCUT2D eigenvalue weighted by molar-refractivity contribution is 6.09. The lowest BCUT2D eigenvalue weighted by molar-refractivity contribution is -0.141. The summed E-state index contributed by atoms with van der Waals surface area (Å²) in [7, 11) is 0. The molecule has 2 unspecified atom stereocenters. The first kappa shape index (κ1) is 20.1. The summed E-state index contributed by atoms with van der Waals surface area (Å²) in [6.07, 6.45) is 6.13. The van der Waals surface area contributed by atoms with Crippen molar-refractivity contribution in [3.05, 3.63) is 0 Å². The van der Waals surface area contributed by atoms with Crippen LogP contribution in [0.1, 0.15) is 51.9 Å². The first-order valence-electron chi connectivity index (χ1n) is 10.2. The number of ether oxygens (including phenoxy) is 1. The van der Waals surface area contributed by atoms with Crippen molar-refractivity contribution in [2.45, 2.75) is 63.5 Å². The molecule has 0 aromatic carbocycles. The van der Waals surface area contributed by atoms with Gasteiger partial charge in [0, 0.05) is 19.7 Å². The second-order valence-corrected chi connectivity index (χ2v) is 8.03. The number of nitrogens with one attached hydrogen (secondary N) is 1. The van der Waals surface area contributed by atoms with Crippen LogP contribution in [0, 0.1) is 5.92 Å². The Balaban J connectivity index is 1.52. The average molecular weight is 380 g/mol. The van der Waals surface area contributed by atoms with Crippen molar-refractivity contribution < 1.29 is 19.1 Å². The molecule has 2 aliphatic heterocycles. The fourth-order valence-corrected chi connectivity index (χ4v) is 4.48. The molecule has 1 aliphatic carbocycles. The molecule has 152 valence electrons. The highest BCUT2D eigenvalue weighted by Gasteiger charge is 2.55. The lowest BCUT2D eigenvalue weighted by Gasteiger charge is -2.37. The Bertz CT molecular complexity index is 576. The van der Waals surface area contributed by atoms with Gasteiger partial charge in [0.05, 0.1) is 6.10 Å². The minimum absolute atomic E-state index is 0.101. The summed E-state index contributed by atoms with van der Waals surface area (Å²) in [6, 6.07) is -0.429. The molecule has 1 saturated carbocycles. The molecule has 0 bridgehead atoms. The molecule has 27 heavy (non-hydrogen) atoms. The molecule has 0 aromatic heterocycles. The van der Waals surface area contributed by atoms with Crippen molar-refractivity contribution in [1.29, 1.82) is 0 Å². The van der Waals surface area contributed by atoms with Crippen molar-refractivity contribution >= 4 is 17.8 Å². The third kappa shape index (κ3) is 4.11. The highest BCUT2D eigenvalue weighted by Crippen LogP contribution is 2.38. The third-order valence-corrected chi connectivity index (χ3v) is 6.29. The van der Waals surface area contributed by atoms with Gasteiger partial charge in [-0.25, -0.2) is 4.79 Å². The van der Waals surface area contributed by atoms with Crippen LogP contribution in [-0.2, 0) is 14.3 Å². The quantitative estimate of drug-likeness (QED) is 0.525. The third-order valence-electron chi connectivity index (χ3n) is 6.29. The number of nitrogens with zero attached hydrogens (tertiary/aromatic N) is 2. The lowest BCUT2D eigenvalue weighted by atomic mass is 9.73. The number of likely N-dealkylation sites (tertiary alicyclic amines) is 1. The zero-order valence-corrected chi connectivity index (χ0v) is 16.2. The van der Waals surface area contributed by atoms with Crippen molar-refractivity contribution in [2.24, 2.45) is 11.7 Å². The van der Waals surface area contributed by atoms with Gasteiger partial charge >= 0.3 is 6.03 Å². The minimum atomic E-state index is -0.806. The largest absolute Gasteiger partial charge is 0.378 e. The smallest absolute Gasteiger partial charge is 0.325 e. The molecule has 8 heteroatoms. The first-order valence-corrected chi connectivity index (χ1v) is 10.2. The molecule has 2 heterocycles. The van der Waals surface area contributed by atoms with Gasteiger partial charge < -0.3 is 20.7 Å². The Morgan fingerprint density at radius 3 is 2.67 bits per heavy atom. The van der Waals surface area contributed by atoms with Crippen LogP contribution in [0.4, 0.5) is 4.79 Å². The minimum Gasteiger partial charge on any atom is -0.378 e. The number of carbonyl (C=O) groups excluding carboxylic acids is 3. The molecule has 0 radical (unpaired) electrons. The van der Waals surface area contributed by atoms with Crippen LogP contribution in [0.5, 0.6) is 0 Å². The van der Waals surface area contributed by atoms with E-state index in [1.807, 2.05) is 6.92 Å². The van der Waals surface area contributed by atoms with Crippen molar-refractivity contribution in [2.75, 3.05) is 32.8 Å². The van der Waals surface area contributed by atoms with Crippen molar-refractivity contribution in [3.63, 3.8) is 0 Å². The topological polar surface area (TPSA) is 105 Å². The van der Waals surface area contributed by atoms with Gasteiger partial charge in [-0.3, -0.25) is 14.5 Å². The molecular formula is C19H32N4O4. The summed E-state index contributed by atoms with van der Waals surface area (Å²) >= 11 is 0. The summed E-state index contributed by atoms with van der Waals surface area (Å²) < 4.78 is 5.76. The summed E-state index contributed by atoms with van der Waals surface area (Å²) in [6.45, 7) is 4.30. The van der Waals surface area contributed by atoms with Gasteiger partial charge in [0.2, 0.25) is 5.91 Å². The molecule has 4 amide bonds. The number of urea groups is 1. The van der Waals surface area contributed by atoms with Gasteiger partial charge in [-0.2, -0.15) is 0 Å². The molecule has 2 saturated heterocycles. The van der Waals surface area contributed by atoms with Gasteiger partial charge in [0.1, 0.15) is 12.1 Å². The number of amides is 4. The Morgan fingerprint density at radius 1 is 1.26 bits per heavy atom. The van der Waals surface area contributed by atoms with E-state index in [1.165, 1.54) is 0 Å². The second-order valence-electron chi connectivity index (χ2n) is 8.03. The summed E-state index contributed by atoms with van der Waals surface area (Å²) in [4.78, 5) is 40.9. The molecule has 3 aliphatic rings. The Hall–Kier alpha value is -1.67. The zero-order valence-electron chi connectivity index (χ0n) is 16.2. The van der Waals surface area contributed by atoms with E-state index < -0.39 is 11.6 Å². The van der Waals surface area contributed by atoms with Crippen LogP contribution in [0.3, 0.4) is 0 Å². The van der Waals surface area contributed by atoms with E-state index in [2.05, 4.69) is 5.32 Å². The molecule has 8 nitrogen and oxygen atoms in total. The second kappa shape index (κ2) is 8.56. The number of nitrogens with two attached hydrogens (primary N) is 1. The van der Waals surface area contributed by atoms with E-state index in [0.717, 1.165) is 43.4 Å². The summed E-state index contributed by atoms with van der Waals surface area (Å²) in [5.41, 5.74) is 4.66. The Kier molecular flexibility index (Phi) is 6.37. The van der Waals surface area contributed by atoms with Gasteiger partial charge in [0.25, 0.3) is 5.91 Å². The van der Waals surface area contributed by atoms with E-state index in [0.29, 0.717) is 32.7 Å². The number of carbonyl (C=O) groups is 3. The van der Waals surface area contributed by atoms with E-state index in [9.17, 15) is 14.4 Å². The molecule has 2 atom stereocenters. The maximum atomic E-state index is 13.0. The fraction of sp³-hybridized carbons (Fsp3) is 0.842. The number of piperidine rings is 1. The molecule has 3 N–H and O–H groups in total. The highest BCUT2D eigenvalue weighted by atomic mass is 16.5. The predicted octanol–water partition coefficient (Wildman–Crippen LogP) is 0.844. The maximum Gasteiger partial charge on any atom is 0.325 e. The van der Waals surface area contributed by atoms with Crippen molar-refractivity contribution in [1.82, 2.24) is 15.1 Å². The molecule has 1 spiro atoms. The maximum absolute atomic E-state index is 13.0. The summed E-state index contributed by atoms with van der Waals surface area (Å²) in [5.74, 6) is -0.295. The molecule has 0 aromatic rings. The van der Waals surface area contributed by atoms with Gasteiger partial charge in [0.15, 0.2) is 0 Å². The van der Waals surface area contributed by atoms with Crippen LogP contribution < -0.4 is 11.1 Å². The molecule has 3 rings (SSSR count). The normalized spacial score (nSPS) is 29.5. The summed E-state index contributed by atoms with van der Waals surface area (Å²) in [5, 5.41) is 2.90. The van der Waals surface area contributed by atoms with Crippen molar-refractivity contribution in [3.8, 4) is 0 Å². The molecule has 3 fully saturated rings. The van der Waals surface area contributed by atoms with Crippen LogP contribution in [-0.4, -0.2) is 72.1 Å².